The minimum absolute atomic E-state index is 0.127. The van der Waals surface area contributed by atoms with Gasteiger partial charge in [-0.3, -0.25) is 4.79 Å². The van der Waals surface area contributed by atoms with Crippen LogP contribution >= 0.6 is 0 Å². The van der Waals surface area contributed by atoms with Crippen LogP contribution < -0.4 is 14.9 Å². The number of rotatable bonds is 7. The Kier molecular flexibility index (Phi) is 6.45. The number of ether oxygens (including phenoxy) is 3. The average molecular weight is 444 g/mol. The smallest absolute Gasteiger partial charge is 0.338 e. The maximum atomic E-state index is 13.2. The first-order chi connectivity index (χ1) is 16.0. The van der Waals surface area contributed by atoms with Crippen LogP contribution in [0.1, 0.15) is 29.8 Å². The molecule has 0 atom stereocenters. The fourth-order valence-corrected chi connectivity index (χ4v) is 3.36. The summed E-state index contributed by atoms with van der Waals surface area (Å²) in [5.74, 6) is 0.788. The minimum Gasteiger partial charge on any atom is -0.497 e. The highest BCUT2D eigenvalue weighted by Gasteiger charge is 2.18. The third-order valence-electron chi connectivity index (χ3n) is 5.02. The molecular formula is C27H24O6. The van der Waals surface area contributed by atoms with E-state index in [9.17, 15) is 9.59 Å². The summed E-state index contributed by atoms with van der Waals surface area (Å²) in [4.78, 5) is 25.3. The van der Waals surface area contributed by atoms with Crippen LogP contribution in [0.4, 0.5) is 0 Å². The predicted octanol–water partition coefficient (Wildman–Crippen LogP) is 5.61. The lowest BCUT2D eigenvalue weighted by atomic mass is 10.1. The standard InChI is InChI=1S/C27H24O6/c1-17(2)32-27(29)20-10-8-18(9-11-20)16-31-26-24(28)22-6-4-5-7-23(22)33-25(26)19-12-14-21(30-3)15-13-19/h4-15,17H,16H2,1-3H3. The Morgan fingerprint density at radius 3 is 2.30 bits per heavy atom. The van der Waals surface area contributed by atoms with E-state index in [0.717, 1.165) is 5.56 Å². The summed E-state index contributed by atoms with van der Waals surface area (Å²) in [6, 6.07) is 21.2. The van der Waals surface area contributed by atoms with E-state index >= 15 is 0 Å². The molecule has 0 radical (unpaired) electrons. The zero-order valence-electron chi connectivity index (χ0n) is 18.7. The number of methoxy groups -OCH3 is 1. The number of esters is 1. The van der Waals surface area contributed by atoms with Crippen LogP contribution in [0.25, 0.3) is 22.3 Å². The summed E-state index contributed by atoms with van der Waals surface area (Å²) in [5, 5.41) is 0.441. The van der Waals surface area contributed by atoms with E-state index in [1.165, 1.54) is 0 Å². The monoisotopic (exact) mass is 444 g/mol. The van der Waals surface area contributed by atoms with E-state index in [-0.39, 0.29) is 29.9 Å². The van der Waals surface area contributed by atoms with Gasteiger partial charge < -0.3 is 18.6 Å². The zero-order chi connectivity index (χ0) is 23.4. The molecule has 4 aromatic rings. The van der Waals surface area contributed by atoms with Gasteiger partial charge >= 0.3 is 5.97 Å². The maximum absolute atomic E-state index is 13.2. The minimum atomic E-state index is -0.380. The lowest BCUT2D eigenvalue weighted by molar-refractivity contribution is 0.0378. The fourth-order valence-electron chi connectivity index (χ4n) is 3.36. The number of carbonyl (C=O) groups excluding carboxylic acids is 1. The summed E-state index contributed by atoms with van der Waals surface area (Å²) in [6.45, 7) is 3.73. The van der Waals surface area contributed by atoms with Gasteiger partial charge in [-0.1, -0.05) is 24.3 Å². The maximum Gasteiger partial charge on any atom is 0.338 e. The highest BCUT2D eigenvalue weighted by molar-refractivity contribution is 5.89. The molecule has 6 nitrogen and oxygen atoms in total. The topological polar surface area (TPSA) is 75.0 Å². The van der Waals surface area contributed by atoms with Gasteiger partial charge in [0, 0.05) is 5.56 Å². The molecule has 3 aromatic carbocycles. The Morgan fingerprint density at radius 1 is 0.939 bits per heavy atom. The highest BCUT2D eigenvalue weighted by Crippen LogP contribution is 2.32. The number of benzene rings is 3. The largest absolute Gasteiger partial charge is 0.497 e. The zero-order valence-corrected chi connectivity index (χ0v) is 18.7. The lowest BCUT2D eigenvalue weighted by Gasteiger charge is -2.12. The second-order valence-electron chi connectivity index (χ2n) is 7.75. The van der Waals surface area contributed by atoms with Crippen LogP contribution in [0, 0.1) is 0 Å². The van der Waals surface area contributed by atoms with Gasteiger partial charge in [0.25, 0.3) is 0 Å². The number of hydrogen-bond acceptors (Lipinski definition) is 6. The van der Waals surface area contributed by atoms with E-state index in [1.54, 1.807) is 75.6 Å². The molecule has 0 saturated carbocycles. The Balaban J connectivity index is 1.65. The summed E-state index contributed by atoms with van der Waals surface area (Å²) in [6.07, 6.45) is -0.191. The molecule has 0 fully saturated rings. The Bertz CT molecular complexity index is 1320. The van der Waals surface area contributed by atoms with Crippen LogP contribution in [0.5, 0.6) is 11.5 Å². The van der Waals surface area contributed by atoms with Crippen molar-refractivity contribution in [1.82, 2.24) is 0 Å². The molecule has 33 heavy (non-hydrogen) atoms. The van der Waals surface area contributed by atoms with Gasteiger partial charge in [0.1, 0.15) is 17.9 Å². The summed E-state index contributed by atoms with van der Waals surface area (Å²) in [7, 11) is 1.59. The number of para-hydroxylation sites is 1. The SMILES string of the molecule is COc1ccc(-c2oc3ccccc3c(=O)c2OCc2ccc(C(=O)OC(C)C)cc2)cc1. The van der Waals surface area contributed by atoms with Crippen molar-refractivity contribution in [3.63, 3.8) is 0 Å². The van der Waals surface area contributed by atoms with Gasteiger partial charge in [0.05, 0.1) is 24.2 Å². The normalized spacial score (nSPS) is 10.9. The van der Waals surface area contributed by atoms with Crippen molar-refractivity contribution in [2.45, 2.75) is 26.6 Å². The van der Waals surface area contributed by atoms with Crippen LogP contribution in [0.2, 0.25) is 0 Å². The third-order valence-corrected chi connectivity index (χ3v) is 5.02. The van der Waals surface area contributed by atoms with Gasteiger partial charge in [0.15, 0.2) is 5.76 Å². The molecular weight excluding hydrogens is 420 g/mol. The second kappa shape index (κ2) is 9.61. The van der Waals surface area contributed by atoms with Crippen molar-refractivity contribution in [3.05, 3.63) is 94.1 Å². The molecule has 168 valence electrons. The van der Waals surface area contributed by atoms with Crippen molar-refractivity contribution < 1.29 is 23.4 Å². The number of fused-ring (bicyclic) bond motifs is 1. The van der Waals surface area contributed by atoms with Crippen LogP contribution in [0.3, 0.4) is 0 Å². The van der Waals surface area contributed by atoms with Crippen molar-refractivity contribution in [3.8, 4) is 22.8 Å². The molecule has 0 spiro atoms. The fraction of sp³-hybridized carbons (Fsp3) is 0.185. The van der Waals surface area contributed by atoms with Gasteiger partial charge in [0.2, 0.25) is 11.2 Å². The summed E-state index contributed by atoms with van der Waals surface area (Å²) < 4.78 is 22.5. The van der Waals surface area contributed by atoms with Crippen molar-refractivity contribution >= 4 is 16.9 Å². The predicted molar refractivity (Wildman–Crippen MR) is 126 cm³/mol. The van der Waals surface area contributed by atoms with E-state index < -0.39 is 0 Å². The van der Waals surface area contributed by atoms with Gasteiger partial charge in [-0.25, -0.2) is 4.79 Å². The van der Waals surface area contributed by atoms with E-state index in [4.69, 9.17) is 18.6 Å². The Labute approximate surface area is 191 Å². The van der Waals surface area contributed by atoms with Crippen molar-refractivity contribution in [1.29, 1.82) is 0 Å². The Morgan fingerprint density at radius 2 is 1.64 bits per heavy atom. The molecule has 4 rings (SSSR count). The van der Waals surface area contributed by atoms with Crippen molar-refractivity contribution in [2.75, 3.05) is 7.11 Å². The summed E-state index contributed by atoms with van der Waals surface area (Å²) >= 11 is 0. The quantitative estimate of drug-likeness (QED) is 0.345. The third kappa shape index (κ3) is 4.90. The van der Waals surface area contributed by atoms with Crippen LogP contribution in [-0.4, -0.2) is 19.2 Å². The van der Waals surface area contributed by atoms with Crippen molar-refractivity contribution in [2.24, 2.45) is 0 Å². The lowest BCUT2D eigenvalue weighted by Crippen LogP contribution is -2.12. The van der Waals surface area contributed by atoms with Gasteiger partial charge in [-0.05, 0) is 67.9 Å². The van der Waals surface area contributed by atoms with E-state index in [1.807, 2.05) is 18.2 Å². The average Bonchev–Trinajstić information content (AvgIpc) is 2.83. The highest BCUT2D eigenvalue weighted by atomic mass is 16.5. The molecule has 0 amide bonds. The number of carbonyl (C=O) groups is 1. The molecule has 0 N–H and O–H groups in total. The molecule has 0 bridgehead atoms. The molecule has 0 aliphatic carbocycles. The molecule has 0 saturated heterocycles. The van der Waals surface area contributed by atoms with Crippen LogP contribution in [-0.2, 0) is 11.3 Å². The molecule has 1 heterocycles. The van der Waals surface area contributed by atoms with Gasteiger partial charge in [-0.15, -0.1) is 0 Å². The molecule has 6 heteroatoms. The molecule has 0 aliphatic rings. The first-order valence-corrected chi connectivity index (χ1v) is 10.6. The Hall–Kier alpha value is -4.06. The molecule has 0 unspecified atom stereocenters. The van der Waals surface area contributed by atoms with E-state index in [0.29, 0.717) is 33.6 Å². The summed E-state index contributed by atoms with van der Waals surface area (Å²) in [5.41, 5.74) is 2.18. The molecule has 0 aliphatic heterocycles. The molecule has 1 aromatic heterocycles. The first kappa shape index (κ1) is 22.1. The number of hydrogen-bond donors (Lipinski definition) is 0. The van der Waals surface area contributed by atoms with Gasteiger partial charge in [-0.2, -0.15) is 0 Å². The second-order valence-corrected chi connectivity index (χ2v) is 7.75. The first-order valence-electron chi connectivity index (χ1n) is 10.6. The van der Waals surface area contributed by atoms with Crippen LogP contribution in [0.15, 0.2) is 82.0 Å². The van der Waals surface area contributed by atoms with E-state index in [2.05, 4.69) is 0 Å².